The second kappa shape index (κ2) is 2.97. The fourth-order valence-electron chi connectivity index (χ4n) is 0.935. The summed E-state index contributed by atoms with van der Waals surface area (Å²) >= 11 is 3.77. The van der Waals surface area contributed by atoms with Crippen LogP contribution in [-0.4, -0.2) is 29.7 Å². The standard InChI is InChI=1S/C7H6N2O3S/c10-5-4(1-3-2-12-3)6(11)9-7(13)8-5/h1,3H,2H2,(H2,8,9,10,11,13). The molecule has 2 aliphatic rings. The summed E-state index contributed by atoms with van der Waals surface area (Å²) in [4.78, 5) is 25.8. The molecule has 0 bridgehead atoms. The molecule has 0 aliphatic carbocycles. The van der Waals surface area contributed by atoms with Crippen LogP contribution in [0.1, 0.15) is 0 Å². The lowest BCUT2D eigenvalue weighted by atomic mass is 10.2. The van der Waals surface area contributed by atoms with E-state index in [9.17, 15) is 9.59 Å². The lowest BCUT2D eigenvalue weighted by Crippen LogP contribution is -2.36. The third kappa shape index (κ3) is 1.78. The zero-order chi connectivity index (χ0) is 9.42. The topological polar surface area (TPSA) is 71.1 Å². The van der Waals surface area contributed by atoms with Gasteiger partial charge in [-0.2, -0.15) is 4.99 Å². The smallest absolute Gasteiger partial charge is 0.284 e. The van der Waals surface area contributed by atoms with Crippen LogP contribution in [0.5, 0.6) is 0 Å². The van der Waals surface area contributed by atoms with Gasteiger partial charge in [0.15, 0.2) is 5.17 Å². The molecule has 0 aromatic rings. The van der Waals surface area contributed by atoms with Crippen molar-refractivity contribution in [1.29, 1.82) is 0 Å². The average Bonchev–Trinajstić information content (AvgIpc) is 2.79. The summed E-state index contributed by atoms with van der Waals surface area (Å²) in [5.41, 5.74) is 0.0281. The predicted octanol–water partition coefficient (Wildman–Crippen LogP) is -0.746. The fraction of sp³-hybridized carbons (Fsp3) is 0.286. The van der Waals surface area contributed by atoms with E-state index in [-0.39, 0.29) is 16.8 Å². The predicted molar refractivity (Wildman–Crippen MR) is 47.4 cm³/mol. The summed E-state index contributed by atoms with van der Waals surface area (Å²) in [5.74, 6) is -1.04. The highest BCUT2D eigenvalue weighted by Gasteiger charge is 2.28. The van der Waals surface area contributed by atoms with Crippen LogP contribution in [0.25, 0.3) is 0 Å². The van der Waals surface area contributed by atoms with Crippen molar-refractivity contribution >= 4 is 29.6 Å². The normalized spacial score (nSPS) is 30.1. The number of amidine groups is 1. The van der Waals surface area contributed by atoms with Crippen LogP contribution in [0, 0.1) is 0 Å². The van der Waals surface area contributed by atoms with Gasteiger partial charge in [0.1, 0.15) is 11.7 Å². The minimum absolute atomic E-state index is 0.0281. The molecule has 0 spiro atoms. The Labute approximate surface area is 79.3 Å². The van der Waals surface area contributed by atoms with Crippen molar-refractivity contribution in [3.63, 3.8) is 0 Å². The molecule has 1 atom stereocenters. The third-order valence-corrected chi connectivity index (χ3v) is 1.83. The number of nitrogens with zero attached hydrogens (tertiary/aromatic N) is 1. The molecule has 6 heteroatoms. The van der Waals surface area contributed by atoms with Crippen molar-refractivity contribution in [3.05, 3.63) is 11.6 Å². The summed E-state index contributed by atoms with van der Waals surface area (Å²) in [7, 11) is 0. The fourth-order valence-corrected chi connectivity index (χ4v) is 1.13. The monoisotopic (exact) mass is 198 g/mol. The molecule has 2 amide bonds. The van der Waals surface area contributed by atoms with E-state index in [0.29, 0.717) is 6.61 Å². The molecule has 2 aliphatic heterocycles. The van der Waals surface area contributed by atoms with E-state index < -0.39 is 11.8 Å². The number of carbonyl (C=O) groups is 2. The molecule has 0 aromatic heterocycles. The van der Waals surface area contributed by atoms with Crippen molar-refractivity contribution in [2.75, 3.05) is 6.61 Å². The van der Waals surface area contributed by atoms with Gasteiger partial charge < -0.3 is 10.1 Å². The SMILES string of the molecule is O=C1N=C(S)NC(=O)/C1=C\C1CO1. The molecule has 1 N–H and O–H groups in total. The van der Waals surface area contributed by atoms with Gasteiger partial charge in [0.25, 0.3) is 11.8 Å². The molecule has 1 unspecified atom stereocenters. The van der Waals surface area contributed by atoms with Gasteiger partial charge in [-0.3, -0.25) is 9.59 Å². The molecule has 68 valence electrons. The zero-order valence-electron chi connectivity index (χ0n) is 6.48. The van der Waals surface area contributed by atoms with E-state index in [1.807, 2.05) is 0 Å². The summed E-state index contributed by atoms with van der Waals surface area (Å²) in [6, 6.07) is 0. The van der Waals surface area contributed by atoms with Gasteiger partial charge >= 0.3 is 0 Å². The summed E-state index contributed by atoms with van der Waals surface area (Å²) < 4.78 is 4.86. The van der Waals surface area contributed by atoms with Crippen molar-refractivity contribution in [3.8, 4) is 0 Å². The first-order valence-electron chi connectivity index (χ1n) is 3.63. The number of nitrogens with one attached hydrogen (secondary N) is 1. The molecule has 2 rings (SSSR count). The molecule has 5 nitrogen and oxygen atoms in total. The van der Waals surface area contributed by atoms with Crippen LogP contribution in [0.3, 0.4) is 0 Å². The summed E-state index contributed by atoms with van der Waals surface area (Å²) in [6.45, 7) is 0.557. The molecular weight excluding hydrogens is 192 g/mol. The number of ether oxygens (including phenoxy) is 1. The number of aliphatic imine (C=N–C) groups is 1. The van der Waals surface area contributed by atoms with Crippen molar-refractivity contribution in [2.24, 2.45) is 4.99 Å². The van der Waals surface area contributed by atoms with E-state index in [4.69, 9.17) is 4.74 Å². The number of rotatable bonds is 1. The van der Waals surface area contributed by atoms with E-state index in [2.05, 4.69) is 22.9 Å². The maximum Gasteiger partial charge on any atom is 0.284 e. The first-order chi connectivity index (χ1) is 6.16. The molecule has 1 fully saturated rings. The van der Waals surface area contributed by atoms with Crippen LogP contribution < -0.4 is 5.32 Å². The maximum atomic E-state index is 11.2. The number of amides is 2. The number of carbonyl (C=O) groups excluding carboxylic acids is 2. The van der Waals surface area contributed by atoms with E-state index in [0.717, 1.165) is 0 Å². The average molecular weight is 198 g/mol. The first kappa shape index (κ1) is 8.46. The first-order valence-corrected chi connectivity index (χ1v) is 4.08. The third-order valence-electron chi connectivity index (χ3n) is 1.62. The van der Waals surface area contributed by atoms with Crippen LogP contribution in [-0.2, 0) is 14.3 Å². The van der Waals surface area contributed by atoms with Crippen molar-refractivity contribution < 1.29 is 14.3 Å². The molecule has 1 saturated heterocycles. The highest BCUT2D eigenvalue weighted by Crippen LogP contribution is 2.15. The number of hydrogen-bond acceptors (Lipinski definition) is 3. The van der Waals surface area contributed by atoms with Crippen LogP contribution in [0.4, 0.5) is 0 Å². The van der Waals surface area contributed by atoms with E-state index in [1.54, 1.807) is 0 Å². The van der Waals surface area contributed by atoms with E-state index in [1.165, 1.54) is 6.08 Å². The second-order valence-corrected chi connectivity index (χ2v) is 3.07. The van der Waals surface area contributed by atoms with Gasteiger partial charge in [-0.15, -0.1) is 12.6 Å². The minimum Gasteiger partial charge on any atom is -0.369 e. The largest absolute Gasteiger partial charge is 0.369 e. The summed E-state index contributed by atoms with van der Waals surface area (Å²) in [5, 5.41) is 2.35. The Balaban J connectivity index is 2.27. The molecular formula is C7H6N2O3S. The quantitative estimate of drug-likeness (QED) is 0.252. The highest BCUT2D eigenvalue weighted by atomic mass is 32.1. The lowest BCUT2D eigenvalue weighted by molar-refractivity contribution is -0.121. The van der Waals surface area contributed by atoms with Gasteiger partial charge in [0, 0.05) is 0 Å². The van der Waals surface area contributed by atoms with Crippen LogP contribution >= 0.6 is 12.6 Å². The second-order valence-electron chi connectivity index (χ2n) is 2.65. The molecule has 0 saturated carbocycles. The molecule has 0 radical (unpaired) electrons. The van der Waals surface area contributed by atoms with Gasteiger partial charge in [-0.25, -0.2) is 0 Å². The minimum atomic E-state index is -0.566. The lowest BCUT2D eigenvalue weighted by Gasteiger charge is -2.09. The Hall–Kier alpha value is -1.14. The Bertz CT molecular complexity index is 344. The Kier molecular flexibility index (Phi) is 1.93. The van der Waals surface area contributed by atoms with Crippen molar-refractivity contribution in [1.82, 2.24) is 5.32 Å². The molecule has 13 heavy (non-hydrogen) atoms. The highest BCUT2D eigenvalue weighted by molar-refractivity contribution is 7.97. The van der Waals surface area contributed by atoms with Gasteiger partial charge in [-0.1, -0.05) is 0 Å². The molecule has 2 heterocycles. The Morgan fingerprint density at radius 2 is 2.31 bits per heavy atom. The summed E-state index contributed by atoms with van der Waals surface area (Å²) in [6.07, 6.45) is 1.36. The molecule has 0 aromatic carbocycles. The van der Waals surface area contributed by atoms with Crippen molar-refractivity contribution in [2.45, 2.75) is 6.10 Å². The number of hydrogen-bond donors (Lipinski definition) is 2. The van der Waals surface area contributed by atoms with Crippen LogP contribution in [0.2, 0.25) is 0 Å². The van der Waals surface area contributed by atoms with Gasteiger partial charge in [0.05, 0.1) is 6.61 Å². The van der Waals surface area contributed by atoms with Gasteiger partial charge in [-0.05, 0) is 6.08 Å². The Morgan fingerprint density at radius 1 is 1.62 bits per heavy atom. The number of thiol groups is 1. The van der Waals surface area contributed by atoms with Crippen LogP contribution in [0.15, 0.2) is 16.6 Å². The maximum absolute atomic E-state index is 11.2. The number of epoxide rings is 1. The Morgan fingerprint density at radius 3 is 2.85 bits per heavy atom. The zero-order valence-corrected chi connectivity index (χ0v) is 7.38. The van der Waals surface area contributed by atoms with Gasteiger partial charge in [0.2, 0.25) is 0 Å². The van der Waals surface area contributed by atoms with E-state index >= 15 is 0 Å².